The average molecular weight is 1140 g/mol. The normalized spacial score (nSPS) is 14.9. The van der Waals surface area contributed by atoms with E-state index < -0.39 is 67.3 Å². The van der Waals surface area contributed by atoms with E-state index in [0.717, 1.165) is 59.4 Å². The van der Waals surface area contributed by atoms with Crippen molar-refractivity contribution < 1.29 is 47.6 Å². The summed E-state index contributed by atoms with van der Waals surface area (Å²) in [6, 6.07) is 55.9. The van der Waals surface area contributed by atoms with Gasteiger partial charge in [0.1, 0.15) is 12.6 Å². The van der Waals surface area contributed by atoms with Crippen molar-refractivity contribution >= 4 is 91.1 Å². The number of nitrogens with zero attached hydrogens (tertiary/aromatic N) is 4. The van der Waals surface area contributed by atoms with Gasteiger partial charge in [-0.2, -0.15) is 4.31 Å². The Morgan fingerprint density at radius 1 is 0.631 bits per heavy atom. The highest BCUT2D eigenvalue weighted by Gasteiger charge is 2.42. The lowest BCUT2D eigenvalue weighted by molar-refractivity contribution is -0.138. The number of hydrogen-bond acceptors (Lipinski definition) is 12. The molecular formula is C65H64B2N6O10S. The van der Waals surface area contributed by atoms with Crippen molar-refractivity contribution in [3.05, 3.63) is 216 Å². The van der Waals surface area contributed by atoms with Gasteiger partial charge in [0, 0.05) is 75.7 Å². The summed E-state index contributed by atoms with van der Waals surface area (Å²) >= 11 is 0. The SMILES string of the molecule is CN(C)c1cccc2c(S(=O)(=O)N(CC(=O)N3C[C@@H](NC(=O)OCC4c5ccccc5-c5ccccc54)C[C@H]3C(=O)NCCN(Cc3ccccc3B(O)O)Cc3c4ccccc4cc4ccccc34)Cc3ccccc3B(O)O)cccc12. The molecule has 1 aliphatic heterocycles. The zero-order valence-electron chi connectivity index (χ0n) is 46.6. The summed E-state index contributed by atoms with van der Waals surface area (Å²) in [5.74, 6) is -1.52. The fourth-order valence-corrected chi connectivity index (χ4v) is 13.8. The third kappa shape index (κ3) is 11.9. The van der Waals surface area contributed by atoms with Crippen LogP contribution in [0.25, 0.3) is 43.4 Å². The third-order valence-electron chi connectivity index (χ3n) is 16.3. The minimum absolute atomic E-state index is 0.0208. The van der Waals surface area contributed by atoms with Gasteiger partial charge in [-0.05, 0) is 96.0 Å². The van der Waals surface area contributed by atoms with E-state index in [1.807, 2.05) is 116 Å². The minimum atomic E-state index is -4.60. The number of carbonyl (C=O) groups excluding carboxylic acids is 3. The first kappa shape index (κ1) is 57.4. The molecule has 1 aliphatic carbocycles. The number of hydrogen-bond donors (Lipinski definition) is 6. The van der Waals surface area contributed by atoms with Crippen molar-refractivity contribution in [2.75, 3.05) is 51.8 Å². The molecular weight excluding hydrogens is 1080 g/mol. The molecule has 19 heteroatoms. The fraction of sp³-hybridized carbons (Fsp3) is 0.215. The van der Waals surface area contributed by atoms with Gasteiger partial charge in [-0.25, -0.2) is 13.2 Å². The van der Waals surface area contributed by atoms with Crippen LogP contribution >= 0.6 is 0 Å². The second-order valence-corrected chi connectivity index (χ2v) is 23.6. The topological polar surface area (TPSA) is 213 Å². The van der Waals surface area contributed by atoms with Gasteiger partial charge in [0.15, 0.2) is 0 Å². The summed E-state index contributed by atoms with van der Waals surface area (Å²) in [5, 5.41) is 53.1. The number of likely N-dealkylation sites (tertiary alicyclic amines) is 1. The summed E-state index contributed by atoms with van der Waals surface area (Å²) in [5.41, 5.74) is 7.28. The van der Waals surface area contributed by atoms with Crippen LogP contribution in [0.15, 0.2) is 193 Å². The fourth-order valence-electron chi connectivity index (χ4n) is 12.2. The van der Waals surface area contributed by atoms with Crippen LogP contribution < -0.4 is 26.5 Å². The molecule has 6 N–H and O–H groups in total. The number of carbonyl (C=O) groups is 3. The Kier molecular flexibility index (Phi) is 17.0. The largest absolute Gasteiger partial charge is 0.488 e. The highest BCUT2D eigenvalue weighted by molar-refractivity contribution is 7.89. The molecule has 0 spiro atoms. The quantitative estimate of drug-likeness (QED) is 0.0378. The number of rotatable bonds is 20. The van der Waals surface area contributed by atoms with E-state index in [1.54, 1.807) is 48.5 Å². The zero-order chi connectivity index (χ0) is 58.6. The van der Waals surface area contributed by atoms with Gasteiger partial charge >= 0.3 is 20.3 Å². The van der Waals surface area contributed by atoms with Crippen molar-refractivity contribution in [2.45, 2.75) is 49.0 Å². The molecule has 0 bridgehead atoms. The zero-order valence-corrected chi connectivity index (χ0v) is 47.4. The van der Waals surface area contributed by atoms with E-state index in [0.29, 0.717) is 28.3 Å². The number of ether oxygens (including phenoxy) is 1. The van der Waals surface area contributed by atoms with Crippen LogP contribution in [0.1, 0.15) is 40.2 Å². The Morgan fingerprint density at radius 3 is 1.81 bits per heavy atom. The Bertz CT molecular complexity index is 3960. The van der Waals surface area contributed by atoms with Gasteiger partial charge < -0.3 is 45.3 Å². The lowest BCUT2D eigenvalue weighted by Crippen LogP contribution is -2.51. The first-order valence-electron chi connectivity index (χ1n) is 28.0. The lowest BCUT2D eigenvalue weighted by atomic mass is 9.77. The van der Waals surface area contributed by atoms with E-state index in [2.05, 4.69) is 45.9 Å². The van der Waals surface area contributed by atoms with E-state index in [9.17, 15) is 29.7 Å². The number of nitrogens with one attached hydrogen (secondary N) is 2. The maximum atomic E-state index is 15.3. The molecule has 3 amide bonds. The lowest BCUT2D eigenvalue weighted by Gasteiger charge is -2.29. The van der Waals surface area contributed by atoms with Crippen molar-refractivity contribution in [1.82, 2.24) is 24.7 Å². The summed E-state index contributed by atoms with van der Waals surface area (Å²) in [4.78, 5) is 49.3. The predicted molar refractivity (Wildman–Crippen MR) is 329 cm³/mol. The summed E-state index contributed by atoms with van der Waals surface area (Å²) < 4.78 is 37.6. The molecule has 426 valence electrons. The molecule has 9 aromatic rings. The summed E-state index contributed by atoms with van der Waals surface area (Å²) in [7, 11) is -4.59. The predicted octanol–water partition coefficient (Wildman–Crippen LogP) is 6.09. The minimum Gasteiger partial charge on any atom is -0.449 e. The van der Waals surface area contributed by atoms with Gasteiger partial charge in [-0.15, -0.1) is 0 Å². The van der Waals surface area contributed by atoms with Crippen LogP contribution in [0.3, 0.4) is 0 Å². The number of sulfonamides is 1. The van der Waals surface area contributed by atoms with Crippen molar-refractivity contribution in [1.29, 1.82) is 0 Å². The molecule has 84 heavy (non-hydrogen) atoms. The maximum absolute atomic E-state index is 15.3. The standard InChI is InChI=1S/C65H64B2N6O10S/c1-70(2)60-31-15-28-55-54(60)27-16-32-62(55)84(81,82)72(38-46-20-6-14-30-59(46)67(79)80)41-63(74)73-39-47(69-65(76)83-42-57-52-25-11-9-23-50(52)51-24-10-12-26-53(51)57)36-61(73)64(75)68-33-34-71(37-45-19-5-13-29-58(45)66(77)78)40-56-48-21-7-3-17-43(48)35-44-18-4-8-22-49(44)56/h3-32,35,47,57,61,77-80H,33-34,36-42H2,1-2H3,(H,68,75)(H,69,76)/t47-,61-/m0/s1. The maximum Gasteiger partial charge on any atom is 0.488 e. The average Bonchev–Trinajstić information content (AvgIpc) is 2.75. The van der Waals surface area contributed by atoms with Crippen LogP contribution in [0.2, 0.25) is 0 Å². The van der Waals surface area contributed by atoms with E-state index in [1.165, 1.54) is 17.0 Å². The van der Waals surface area contributed by atoms with E-state index in [4.69, 9.17) is 4.74 Å². The third-order valence-corrected chi connectivity index (χ3v) is 18.1. The Hall–Kier alpha value is -8.39. The summed E-state index contributed by atoms with van der Waals surface area (Å²) in [6.07, 6.45) is -0.797. The molecule has 0 aromatic heterocycles. The van der Waals surface area contributed by atoms with Crippen LogP contribution in [0.5, 0.6) is 0 Å². The van der Waals surface area contributed by atoms with Crippen LogP contribution in [-0.2, 0) is 44.0 Å². The first-order valence-corrected chi connectivity index (χ1v) is 29.5. The number of alkyl carbamates (subject to hydrolysis) is 1. The monoisotopic (exact) mass is 1140 g/mol. The van der Waals surface area contributed by atoms with Crippen LogP contribution in [-0.4, -0.2) is 134 Å². The molecule has 1 saturated heterocycles. The number of anilines is 1. The van der Waals surface area contributed by atoms with E-state index in [-0.39, 0.29) is 61.0 Å². The number of amides is 3. The van der Waals surface area contributed by atoms with Gasteiger partial charge in [-0.1, -0.05) is 170 Å². The Balaban J connectivity index is 0.893. The Morgan fingerprint density at radius 2 is 1.18 bits per heavy atom. The Labute approximate surface area is 488 Å². The second-order valence-electron chi connectivity index (χ2n) is 21.7. The van der Waals surface area contributed by atoms with Crippen molar-refractivity contribution in [3.8, 4) is 11.1 Å². The van der Waals surface area contributed by atoms with Gasteiger partial charge in [0.2, 0.25) is 21.8 Å². The van der Waals surface area contributed by atoms with Gasteiger partial charge in [0.05, 0.1) is 17.5 Å². The molecule has 11 rings (SSSR count). The molecule has 0 saturated carbocycles. The number of benzene rings is 9. The molecule has 0 unspecified atom stereocenters. The molecule has 1 fully saturated rings. The molecule has 9 aromatic carbocycles. The second kappa shape index (κ2) is 24.8. The van der Waals surface area contributed by atoms with E-state index >= 15 is 13.2 Å². The molecule has 0 radical (unpaired) electrons. The van der Waals surface area contributed by atoms with Crippen LogP contribution in [0.4, 0.5) is 10.5 Å². The highest BCUT2D eigenvalue weighted by atomic mass is 32.2. The first-order chi connectivity index (χ1) is 40.6. The van der Waals surface area contributed by atoms with Crippen molar-refractivity contribution in [3.63, 3.8) is 0 Å². The number of fused-ring (bicyclic) bond motifs is 6. The molecule has 1 heterocycles. The highest BCUT2D eigenvalue weighted by Crippen LogP contribution is 2.44. The molecule has 2 atom stereocenters. The summed E-state index contributed by atoms with van der Waals surface area (Å²) in [6.45, 7) is -0.358. The van der Waals surface area contributed by atoms with Gasteiger partial charge in [-0.3, -0.25) is 14.5 Å². The molecule has 16 nitrogen and oxygen atoms in total. The smallest absolute Gasteiger partial charge is 0.449 e. The van der Waals surface area contributed by atoms with Crippen molar-refractivity contribution in [2.24, 2.45) is 0 Å². The van der Waals surface area contributed by atoms with Gasteiger partial charge in [0.25, 0.3) is 0 Å². The van der Waals surface area contributed by atoms with Crippen LogP contribution in [0, 0.1) is 0 Å². The molecule has 2 aliphatic rings.